The molecule has 0 bridgehead atoms. The smallest absolute Gasteiger partial charge is 0.272 e. The molecule has 3 rings (SSSR count). The van der Waals surface area contributed by atoms with E-state index in [9.17, 15) is 9.59 Å². The summed E-state index contributed by atoms with van der Waals surface area (Å²) in [6, 6.07) is 14.3. The second-order valence-corrected chi connectivity index (χ2v) is 5.80. The summed E-state index contributed by atoms with van der Waals surface area (Å²) >= 11 is 6.02. The van der Waals surface area contributed by atoms with Gasteiger partial charge >= 0.3 is 0 Å². The van der Waals surface area contributed by atoms with E-state index in [1.165, 1.54) is 10.8 Å². The number of amides is 1. The fourth-order valence-corrected chi connectivity index (χ4v) is 2.59. The van der Waals surface area contributed by atoms with Crippen LogP contribution in [0.25, 0.3) is 11.0 Å². The van der Waals surface area contributed by atoms with Gasteiger partial charge in [0.1, 0.15) is 12.2 Å². The molecule has 1 amide bonds. The molecule has 0 unspecified atom stereocenters. The highest BCUT2D eigenvalue weighted by molar-refractivity contribution is 6.33. The van der Waals surface area contributed by atoms with Crippen molar-refractivity contribution in [3.05, 3.63) is 75.2 Å². The molecule has 0 atom stereocenters. The summed E-state index contributed by atoms with van der Waals surface area (Å²) in [5.41, 5.74) is 4.39. The minimum atomic E-state index is -0.416. The van der Waals surface area contributed by atoms with Crippen molar-refractivity contribution >= 4 is 34.8 Å². The molecule has 0 spiro atoms. The molecule has 1 N–H and O–H groups in total. The van der Waals surface area contributed by atoms with Gasteiger partial charge in [0.25, 0.3) is 11.5 Å². The summed E-state index contributed by atoms with van der Waals surface area (Å²) in [5, 5.41) is 4.43. The second kappa shape index (κ2) is 7.27. The lowest BCUT2D eigenvalue weighted by molar-refractivity contribution is -0.121. The lowest BCUT2D eigenvalue weighted by Crippen LogP contribution is -2.31. The molecule has 0 aliphatic rings. The average molecular weight is 355 g/mol. The number of aryl methyl sites for hydroxylation is 1. The van der Waals surface area contributed by atoms with Crippen molar-refractivity contribution in [2.45, 2.75) is 13.5 Å². The van der Waals surface area contributed by atoms with E-state index in [1.54, 1.807) is 37.3 Å². The van der Waals surface area contributed by atoms with E-state index in [2.05, 4.69) is 15.5 Å². The highest BCUT2D eigenvalue weighted by Gasteiger charge is 2.10. The first kappa shape index (κ1) is 16.9. The molecule has 0 saturated heterocycles. The van der Waals surface area contributed by atoms with Crippen molar-refractivity contribution in [2.24, 2.45) is 5.10 Å². The number of aromatic nitrogens is 2. The number of halogens is 1. The third kappa shape index (κ3) is 3.75. The van der Waals surface area contributed by atoms with Crippen LogP contribution in [0.5, 0.6) is 0 Å². The van der Waals surface area contributed by atoms with Crippen molar-refractivity contribution in [2.75, 3.05) is 0 Å². The van der Waals surface area contributed by atoms with E-state index in [0.29, 0.717) is 27.3 Å². The number of hydrogen-bond acceptors (Lipinski definition) is 4. The van der Waals surface area contributed by atoms with E-state index in [-0.39, 0.29) is 12.1 Å². The third-order valence-corrected chi connectivity index (χ3v) is 3.96. The maximum atomic E-state index is 12.3. The number of benzene rings is 2. The SMILES string of the molecule is Cc1nc2ccccc2n(CC(=O)N/N=C\c2ccccc2Cl)c1=O. The number of hydrazone groups is 1. The van der Waals surface area contributed by atoms with Crippen LogP contribution >= 0.6 is 11.6 Å². The van der Waals surface area contributed by atoms with Gasteiger partial charge in [-0.05, 0) is 25.1 Å². The lowest BCUT2D eigenvalue weighted by atomic mass is 10.2. The zero-order valence-electron chi connectivity index (χ0n) is 13.4. The Bertz CT molecular complexity index is 1030. The number of nitrogens with zero attached hydrogens (tertiary/aromatic N) is 3. The molecule has 126 valence electrons. The number of para-hydroxylation sites is 2. The second-order valence-electron chi connectivity index (χ2n) is 5.39. The fraction of sp³-hybridized carbons (Fsp3) is 0.111. The van der Waals surface area contributed by atoms with Crippen molar-refractivity contribution in [3.63, 3.8) is 0 Å². The van der Waals surface area contributed by atoms with Gasteiger partial charge < -0.3 is 0 Å². The molecule has 6 nitrogen and oxygen atoms in total. The zero-order valence-corrected chi connectivity index (χ0v) is 14.2. The van der Waals surface area contributed by atoms with Crippen LogP contribution in [0.15, 0.2) is 58.4 Å². The Morgan fingerprint density at radius 2 is 1.96 bits per heavy atom. The normalized spacial score (nSPS) is 11.1. The first-order valence-corrected chi connectivity index (χ1v) is 7.96. The Morgan fingerprint density at radius 3 is 2.76 bits per heavy atom. The van der Waals surface area contributed by atoms with E-state index in [1.807, 2.05) is 18.2 Å². The topological polar surface area (TPSA) is 76.3 Å². The number of nitrogens with one attached hydrogen (secondary N) is 1. The quantitative estimate of drug-likeness (QED) is 0.577. The van der Waals surface area contributed by atoms with Crippen molar-refractivity contribution < 1.29 is 4.79 Å². The molecule has 2 aromatic carbocycles. The molecule has 0 fully saturated rings. The Morgan fingerprint density at radius 1 is 1.24 bits per heavy atom. The van der Waals surface area contributed by atoms with Crippen LogP contribution in [0.3, 0.4) is 0 Å². The predicted molar refractivity (Wildman–Crippen MR) is 97.9 cm³/mol. The highest BCUT2D eigenvalue weighted by Crippen LogP contribution is 2.12. The zero-order chi connectivity index (χ0) is 17.8. The van der Waals surface area contributed by atoms with Gasteiger partial charge in [0, 0.05) is 10.6 Å². The lowest BCUT2D eigenvalue weighted by Gasteiger charge is -2.09. The first-order valence-electron chi connectivity index (χ1n) is 7.59. The first-order chi connectivity index (χ1) is 12.1. The summed E-state index contributed by atoms with van der Waals surface area (Å²) in [5.74, 6) is -0.416. The minimum absolute atomic E-state index is 0.150. The molecule has 0 aliphatic carbocycles. The van der Waals surface area contributed by atoms with Crippen LogP contribution in [0.2, 0.25) is 5.02 Å². The predicted octanol–water partition coefficient (Wildman–Crippen LogP) is 2.51. The fourth-order valence-electron chi connectivity index (χ4n) is 2.41. The van der Waals surface area contributed by atoms with E-state index >= 15 is 0 Å². The minimum Gasteiger partial charge on any atom is -0.296 e. The van der Waals surface area contributed by atoms with Crippen LogP contribution in [0.1, 0.15) is 11.3 Å². The standard InChI is InChI=1S/C18H15ClN4O2/c1-12-18(25)23(16-9-5-4-8-15(16)21-12)11-17(24)22-20-10-13-6-2-3-7-14(13)19/h2-10H,11H2,1H3,(H,22,24)/b20-10-. The van der Waals surface area contributed by atoms with E-state index in [4.69, 9.17) is 11.6 Å². The Hall–Kier alpha value is -2.99. The molecule has 0 saturated carbocycles. The average Bonchev–Trinajstić information content (AvgIpc) is 2.60. The molecular formula is C18H15ClN4O2. The summed E-state index contributed by atoms with van der Waals surface area (Å²) in [4.78, 5) is 28.7. The molecular weight excluding hydrogens is 340 g/mol. The summed E-state index contributed by atoms with van der Waals surface area (Å²) < 4.78 is 1.39. The van der Waals surface area contributed by atoms with Gasteiger partial charge in [-0.15, -0.1) is 0 Å². The van der Waals surface area contributed by atoms with Crippen LogP contribution in [-0.2, 0) is 11.3 Å². The van der Waals surface area contributed by atoms with Crippen LogP contribution in [-0.4, -0.2) is 21.7 Å². The molecule has 1 aromatic heterocycles. The number of rotatable bonds is 4. The van der Waals surface area contributed by atoms with Crippen molar-refractivity contribution in [1.82, 2.24) is 15.0 Å². The number of fused-ring (bicyclic) bond motifs is 1. The highest BCUT2D eigenvalue weighted by atomic mass is 35.5. The molecule has 0 radical (unpaired) electrons. The largest absolute Gasteiger partial charge is 0.296 e. The Labute approximate surface area is 148 Å². The molecule has 1 heterocycles. The monoisotopic (exact) mass is 354 g/mol. The van der Waals surface area contributed by atoms with E-state index in [0.717, 1.165) is 0 Å². The van der Waals surface area contributed by atoms with Gasteiger partial charge in [0.15, 0.2) is 0 Å². The molecule has 25 heavy (non-hydrogen) atoms. The Balaban J connectivity index is 1.80. The van der Waals surface area contributed by atoms with E-state index < -0.39 is 5.91 Å². The van der Waals surface area contributed by atoms with Gasteiger partial charge in [0.05, 0.1) is 17.2 Å². The van der Waals surface area contributed by atoms with Gasteiger partial charge in [-0.2, -0.15) is 5.10 Å². The number of carbonyl (C=O) groups is 1. The molecule has 3 aromatic rings. The van der Waals surface area contributed by atoms with Gasteiger partial charge in [-0.3, -0.25) is 14.2 Å². The van der Waals surface area contributed by atoms with Crippen molar-refractivity contribution in [1.29, 1.82) is 0 Å². The third-order valence-electron chi connectivity index (χ3n) is 3.62. The van der Waals surface area contributed by atoms with Gasteiger partial charge in [-0.1, -0.05) is 41.9 Å². The maximum Gasteiger partial charge on any atom is 0.272 e. The number of carbonyl (C=O) groups excluding carboxylic acids is 1. The summed E-state index contributed by atoms with van der Waals surface area (Å²) in [6.45, 7) is 1.47. The van der Waals surface area contributed by atoms with Gasteiger partial charge in [-0.25, -0.2) is 10.4 Å². The molecule has 0 aliphatic heterocycles. The number of hydrogen-bond donors (Lipinski definition) is 1. The van der Waals surface area contributed by atoms with Crippen LogP contribution in [0, 0.1) is 6.92 Å². The Kier molecular flexibility index (Phi) is 4.90. The van der Waals surface area contributed by atoms with Crippen LogP contribution < -0.4 is 11.0 Å². The summed E-state index contributed by atoms with van der Waals surface area (Å²) in [7, 11) is 0. The maximum absolute atomic E-state index is 12.3. The summed E-state index contributed by atoms with van der Waals surface area (Å²) in [6.07, 6.45) is 1.46. The van der Waals surface area contributed by atoms with Crippen LogP contribution in [0.4, 0.5) is 0 Å². The van der Waals surface area contributed by atoms with Gasteiger partial charge in [0.2, 0.25) is 0 Å². The van der Waals surface area contributed by atoms with Crippen molar-refractivity contribution in [3.8, 4) is 0 Å². The molecule has 7 heteroatoms.